The molecule has 5 rings (SSSR count). The van der Waals surface area contributed by atoms with E-state index >= 15 is 0 Å². The van der Waals surface area contributed by atoms with E-state index in [-0.39, 0.29) is 11.6 Å². The van der Waals surface area contributed by atoms with Gasteiger partial charge in [0.1, 0.15) is 11.4 Å². The number of piperazine rings is 1. The lowest BCUT2D eigenvalue weighted by molar-refractivity contribution is -0.384. The Morgan fingerprint density at radius 3 is 2.31 bits per heavy atom. The minimum atomic E-state index is -0.448. The van der Waals surface area contributed by atoms with E-state index in [0.29, 0.717) is 30.2 Å². The van der Waals surface area contributed by atoms with Gasteiger partial charge >= 0.3 is 0 Å². The molecular weight excluding hydrogens is 494 g/mol. The van der Waals surface area contributed by atoms with E-state index in [2.05, 4.69) is 29.2 Å². The van der Waals surface area contributed by atoms with Gasteiger partial charge in [-0.2, -0.15) is 5.10 Å². The summed E-state index contributed by atoms with van der Waals surface area (Å²) in [5.41, 5.74) is 3.59. The molecule has 1 aliphatic heterocycles. The van der Waals surface area contributed by atoms with Gasteiger partial charge in [-0.1, -0.05) is 42.5 Å². The zero-order valence-electron chi connectivity index (χ0n) is 21.6. The van der Waals surface area contributed by atoms with Gasteiger partial charge in [0.05, 0.1) is 23.4 Å². The Bertz CT molecular complexity index is 1460. The first-order valence-electron chi connectivity index (χ1n) is 12.7. The number of nitro benzene ring substituents is 1. The van der Waals surface area contributed by atoms with E-state index in [1.54, 1.807) is 30.0 Å². The molecule has 3 aromatic carbocycles. The molecule has 4 aromatic rings. The molecule has 0 radical (unpaired) electrons. The number of hydrogen-bond donors (Lipinski definition) is 0. The fourth-order valence-electron chi connectivity index (χ4n) is 4.55. The first kappa shape index (κ1) is 25.9. The Morgan fingerprint density at radius 2 is 1.67 bits per heavy atom. The van der Waals surface area contributed by atoms with Crippen molar-refractivity contribution in [2.75, 3.05) is 39.8 Å². The van der Waals surface area contributed by atoms with Crippen LogP contribution in [0.5, 0.6) is 5.75 Å². The summed E-state index contributed by atoms with van der Waals surface area (Å²) in [6.07, 6.45) is 4.26. The molecule has 0 atom stereocenters. The van der Waals surface area contributed by atoms with Crippen LogP contribution in [0.2, 0.25) is 0 Å². The summed E-state index contributed by atoms with van der Waals surface area (Å²) in [4.78, 5) is 28.6. The molecule has 198 valence electrons. The highest BCUT2D eigenvalue weighted by Crippen LogP contribution is 2.26. The number of benzene rings is 3. The van der Waals surface area contributed by atoms with Gasteiger partial charge in [0.25, 0.3) is 11.6 Å². The maximum Gasteiger partial charge on any atom is 0.272 e. The molecule has 9 nitrogen and oxygen atoms in total. The smallest absolute Gasteiger partial charge is 0.272 e. The zero-order valence-corrected chi connectivity index (χ0v) is 21.6. The molecule has 0 spiro atoms. The molecule has 39 heavy (non-hydrogen) atoms. The van der Waals surface area contributed by atoms with E-state index in [9.17, 15) is 14.9 Å². The summed E-state index contributed by atoms with van der Waals surface area (Å²) in [5, 5.41) is 15.9. The fourth-order valence-corrected chi connectivity index (χ4v) is 4.55. The topological polar surface area (TPSA) is 93.7 Å². The Hall–Kier alpha value is -4.76. The first-order chi connectivity index (χ1) is 19.0. The normalized spacial score (nSPS) is 14.0. The summed E-state index contributed by atoms with van der Waals surface area (Å²) in [6.45, 7) is 3.55. The van der Waals surface area contributed by atoms with Crippen LogP contribution in [0.15, 0.2) is 91.0 Å². The Kier molecular flexibility index (Phi) is 7.79. The molecule has 0 aliphatic carbocycles. The summed E-state index contributed by atoms with van der Waals surface area (Å²) < 4.78 is 6.83. The molecule has 0 N–H and O–H groups in total. The number of non-ortho nitro benzene ring substituents is 1. The lowest BCUT2D eigenvalue weighted by Crippen LogP contribution is -2.49. The average molecular weight is 524 g/mol. The summed E-state index contributed by atoms with van der Waals surface area (Å²) in [7, 11) is 1.61. The third-order valence-electron chi connectivity index (χ3n) is 6.75. The third-order valence-corrected chi connectivity index (χ3v) is 6.75. The Morgan fingerprint density at radius 1 is 0.974 bits per heavy atom. The number of rotatable bonds is 8. The minimum Gasteiger partial charge on any atom is -0.497 e. The third kappa shape index (κ3) is 6.05. The molecule has 0 bridgehead atoms. The first-order valence-corrected chi connectivity index (χ1v) is 12.7. The lowest BCUT2D eigenvalue weighted by Gasteiger charge is -2.34. The van der Waals surface area contributed by atoms with Gasteiger partial charge in [-0.15, -0.1) is 0 Å². The largest absolute Gasteiger partial charge is 0.497 e. The van der Waals surface area contributed by atoms with Crippen LogP contribution in [-0.4, -0.2) is 70.2 Å². The Balaban J connectivity index is 1.34. The van der Waals surface area contributed by atoms with Gasteiger partial charge in [0, 0.05) is 50.4 Å². The molecule has 1 amide bonds. The predicted octanol–water partition coefficient (Wildman–Crippen LogP) is 4.93. The highest BCUT2D eigenvalue weighted by molar-refractivity contribution is 5.94. The van der Waals surface area contributed by atoms with Crippen molar-refractivity contribution in [2.24, 2.45) is 0 Å². The van der Waals surface area contributed by atoms with Crippen LogP contribution in [-0.2, 0) is 0 Å². The number of carbonyl (C=O) groups is 1. The van der Waals surface area contributed by atoms with Gasteiger partial charge in [-0.3, -0.25) is 19.8 Å². The number of hydrogen-bond acceptors (Lipinski definition) is 6. The number of methoxy groups -OCH3 is 1. The van der Waals surface area contributed by atoms with Crippen LogP contribution in [0.1, 0.15) is 16.1 Å². The van der Waals surface area contributed by atoms with Crippen molar-refractivity contribution in [1.82, 2.24) is 19.6 Å². The van der Waals surface area contributed by atoms with Crippen molar-refractivity contribution in [3.8, 4) is 22.7 Å². The molecule has 1 aromatic heterocycles. The van der Waals surface area contributed by atoms with Crippen molar-refractivity contribution in [2.45, 2.75) is 0 Å². The van der Waals surface area contributed by atoms with Gasteiger partial charge in [-0.05, 0) is 48.0 Å². The molecule has 9 heteroatoms. The lowest BCUT2D eigenvalue weighted by atomic mass is 10.1. The minimum absolute atomic E-state index is 0.0217. The summed E-state index contributed by atoms with van der Waals surface area (Å²) in [5.74, 6) is 0.599. The standard InChI is InChI=1S/C30H29N5O4/c1-39-27-15-9-24(10-16-27)28-22-29(34(31-28)25-11-13-26(14-12-25)35(37)38)30(36)33-20-18-32(19-21-33)17-5-8-23-6-3-2-4-7-23/h2-16,22H,17-21H2,1H3. The molecule has 1 aliphatic rings. The van der Waals surface area contributed by atoms with Crippen LogP contribution in [0.3, 0.4) is 0 Å². The highest BCUT2D eigenvalue weighted by Gasteiger charge is 2.26. The highest BCUT2D eigenvalue weighted by atomic mass is 16.6. The number of ether oxygens (including phenoxy) is 1. The second-order valence-corrected chi connectivity index (χ2v) is 9.23. The van der Waals surface area contributed by atoms with E-state index in [1.807, 2.05) is 47.4 Å². The quantitative estimate of drug-likeness (QED) is 0.240. The van der Waals surface area contributed by atoms with E-state index in [0.717, 1.165) is 30.9 Å². The number of nitrogens with zero attached hydrogens (tertiary/aromatic N) is 5. The summed E-state index contributed by atoms with van der Waals surface area (Å²) in [6, 6.07) is 25.5. The van der Waals surface area contributed by atoms with Crippen molar-refractivity contribution in [3.05, 3.63) is 112 Å². The van der Waals surface area contributed by atoms with Gasteiger partial charge < -0.3 is 9.64 Å². The number of nitro groups is 1. The maximum absolute atomic E-state index is 13.7. The van der Waals surface area contributed by atoms with Crippen molar-refractivity contribution in [1.29, 1.82) is 0 Å². The van der Waals surface area contributed by atoms with Crippen molar-refractivity contribution >= 4 is 17.7 Å². The fraction of sp³-hybridized carbons (Fsp3) is 0.200. The molecule has 0 unspecified atom stereocenters. The van der Waals surface area contributed by atoms with Gasteiger partial charge in [0.15, 0.2) is 0 Å². The van der Waals surface area contributed by atoms with Crippen LogP contribution in [0, 0.1) is 10.1 Å². The number of aromatic nitrogens is 2. The number of carbonyl (C=O) groups excluding carboxylic acids is 1. The second-order valence-electron chi connectivity index (χ2n) is 9.23. The maximum atomic E-state index is 13.7. The molecule has 1 saturated heterocycles. The molecule has 2 heterocycles. The number of amides is 1. The van der Waals surface area contributed by atoms with E-state index in [1.165, 1.54) is 17.7 Å². The van der Waals surface area contributed by atoms with E-state index < -0.39 is 4.92 Å². The monoisotopic (exact) mass is 523 g/mol. The Labute approximate surface area is 226 Å². The van der Waals surface area contributed by atoms with Crippen LogP contribution in [0.4, 0.5) is 5.69 Å². The second kappa shape index (κ2) is 11.7. The predicted molar refractivity (Wildman–Crippen MR) is 150 cm³/mol. The van der Waals surface area contributed by atoms with Crippen LogP contribution in [0.25, 0.3) is 23.0 Å². The van der Waals surface area contributed by atoms with Crippen LogP contribution < -0.4 is 4.74 Å². The average Bonchev–Trinajstić information content (AvgIpc) is 3.43. The van der Waals surface area contributed by atoms with Crippen LogP contribution >= 0.6 is 0 Å². The van der Waals surface area contributed by atoms with Crippen molar-refractivity contribution in [3.63, 3.8) is 0 Å². The molecule has 0 saturated carbocycles. The SMILES string of the molecule is COc1ccc(-c2cc(C(=O)N3CCN(CC=Cc4ccccc4)CC3)n(-c3ccc([N+](=O)[O-])cc3)n2)cc1. The van der Waals surface area contributed by atoms with Gasteiger partial charge in [-0.25, -0.2) is 4.68 Å². The molecular formula is C30H29N5O4. The van der Waals surface area contributed by atoms with Crippen molar-refractivity contribution < 1.29 is 14.5 Å². The van der Waals surface area contributed by atoms with Gasteiger partial charge in [0.2, 0.25) is 0 Å². The molecule has 1 fully saturated rings. The zero-order chi connectivity index (χ0) is 27.2. The summed E-state index contributed by atoms with van der Waals surface area (Å²) >= 11 is 0. The van der Waals surface area contributed by atoms with E-state index in [4.69, 9.17) is 9.84 Å².